The molecule has 0 radical (unpaired) electrons. The molecule has 1 aliphatic rings. The van der Waals surface area contributed by atoms with Crippen LogP contribution in [0.5, 0.6) is 0 Å². The number of aromatic nitrogens is 3. The van der Waals surface area contributed by atoms with Crippen LogP contribution in [-0.4, -0.2) is 45.9 Å². The maximum absolute atomic E-state index is 12.9. The number of hydrogen-bond acceptors (Lipinski definition) is 7. The predicted molar refractivity (Wildman–Crippen MR) is 83.4 cm³/mol. The van der Waals surface area contributed by atoms with Crippen LogP contribution >= 0.6 is 0 Å². The second kappa shape index (κ2) is 6.72. The van der Waals surface area contributed by atoms with Crippen LogP contribution in [0.25, 0.3) is 0 Å². The Morgan fingerprint density at radius 2 is 2.25 bits per heavy atom. The third-order valence-corrected chi connectivity index (χ3v) is 4.54. The van der Waals surface area contributed by atoms with Gasteiger partial charge in [-0.25, -0.2) is 0 Å². The molecule has 8 heteroatoms. The van der Waals surface area contributed by atoms with Crippen molar-refractivity contribution in [2.24, 2.45) is 0 Å². The molecule has 8 nitrogen and oxygen atoms in total. The van der Waals surface area contributed by atoms with Crippen LogP contribution in [0.4, 0.5) is 0 Å². The third-order valence-electron chi connectivity index (χ3n) is 4.54. The summed E-state index contributed by atoms with van der Waals surface area (Å²) in [5.41, 5.74) is 0.786. The molecule has 0 spiro atoms. The molecule has 0 unspecified atom stereocenters. The Bertz CT molecular complexity index is 711. The summed E-state index contributed by atoms with van der Waals surface area (Å²) in [7, 11) is 1.63. The fraction of sp³-hybridized carbons (Fsp3) is 0.625. The molecule has 3 rings (SSSR count). The first kappa shape index (κ1) is 16.6. The van der Waals surface area contributed by atoms with E-state index in [1.54, 1.807) is 25.0 Å². The van der Waals surface area contributed by atoms with E-state index in [2.05, 4.69) is 22.2 Å². The van der Waals surface area contributed by atoms with Gasteiger partial charge in [0.2, 0.25) is 11.7 Å². The Hall–Kier alpha value is -2.22. The second-order valence-corrected chi connectivity index (χ2v) is 6.17. The first-order valence-electron chi connectivity index (χ1n) is 8.14. The number of carbonyl (C=O) groups is 1. The van der Waals surface area contributed by atoms with Crippen molar-refractivity contribution >= 4 is 5.91 Å². The second-order valence-electron chi connectivity index (χ2n) is 6.17. The topological polar surface area (TPSA) is 94.5 Å². The molecule has 0 aliphatic carbocycles. The lowest BCUT2D eigenvalue weighted by molar-refractivity contribution is 0.0631. The quantitative estimate of drug-likeness (QED) is 0.829. The molecule has 2 aromatic heterocycles. The summed E-state index contributed by atoms with van der Waals surface area (Å²) in [6.07, 6.45) is 1.46. The standard InChI is InChI=1S/C16H22N4O4/c1-5-9(2)12-7-14(23-19-12)16(21)20-8-11(22-4)6-13(20)15-17-10(3)18-24-15/h7,9,11,13H,5-6,8H2,1-4H3/t9-,11+,13+/m0/s1. The van der Waals surface area contributed by atoms with E-state index in [4.69, 9.17) is 13.8 Å². The molecule has 24 heavy (non-hydrogen) atoms. The van der Waals surface area contributed by atoms with E-state index in [1.165, 1.54) is 0 Å². The molecular weight excluding hydrogens is 312 g/mol. The van der Waals surface area contributed by atoms with Gasteiger partial charge >= 0.3 is 0 Å². The molecular formula is C16H22N4O4. The number of methoxy groups -OCH3 is 1. The van der Waals surface area contributed by atoms with Gasteiger partial charge in [0.15, 0.2) is 5.82 Å². The van der Waals surface area contributed by atoms with Crippen LogP contribution in [0.1, 0.15) is 66.6 Å². The van der Waals surface area contributed by atoms with Crippen molar-refractivity contribution in [3.8, 4) is 0 Å². The van der Waals surface area contributed by atoms with Gasteiger partial charge in [0, 0.05) is 32.1 Å². The number of nitrogens with zero attached hydrogens (tertiary/aromatic N) is 4. The van der Waals surface area contributed by atoms with Crippen molar-refractivity contribution in [1.82, 2.24) is 20.2 Å². The average Bonchev–Trinajstić information content (AvgIpc) is 3.31. The molecule has 0 aromatic carbocycles. The highest BCUT2D eigenvalue weighted by atomic mass is 16.5. The highest BCUT2D eigenvalue weighted by Gasteiger charge is 2.41. The van der Waals surface area contributed by atoms with Crippen LogP contribution in [-0.2, 0) is 4.74 Å². The highest BCUT2D eigenvalue weighted by Crippen LogP contribution is 2.34. The summed E-state index contributed by atoms with van der Waals surface area (Å²) in [5.74, 6) is 1.19. The SMILES string of the molecule is CC[C@H](C)c1cc(C(=O)N2C[C@H](OC)C[C@@H]2c2nc(C)no2)on1. The predicted octanol–water partition coefficient (Wildman–Crippen LogP) is 2.48. The molecule has 130 valence electrons. The average molecular weight is 334 g/mol. The van der Waals surface area contributed by atoms with Gasteiger partial charge < -0.3 is 18.7 Å². The molecule has 3 heterocycles. The number of hydrogen-bond donors (Lipinski definition) is 0. The van der Waals surface area contributed by atoms with Crippen molar-refractivity contribution in [2.75, 3.05) is 13.7 Å². The van der Waals surface area contributed by atoms with Crippen molar-refractivity contribution in [2.45, 2.75) is 51.7 Å². The summed E-state index contributed by atoms with van der Waals surface area (Å²) in [4.78, 5) is 18.8. The van der Waals surface area contributed by atoms with Crippen LogP contribution in [0, 0.1) is 6.92 Å². The van der Waals surface area contributed by atoms with E-state index in [0.717, 1.165) is 12.1 Å². The minimum absolute atomic E-state index is 0.0805. The summed E-state index contributed by atoms with van der Waals surface area (Å²) in [5, 5.41) is 7.83. The number of likely N-dealkylation sites (tertiary alicyclic amines) is 1. The first-order chi connectivity index (χ1) is 11.5. The number of rotatable bonds is 5. The Morgan fingerprint density at radius 3 is 2.88 bits per heavy atom. The minimum Gasteiger partial charge on any atom is -0.380 e. The molecule has 0 saturated carbocycles. The van der Waals surface area contributed by atoms with E-state index >= 15 is 0 Å². The van der Waals surface area contributed by atoms with Crippen LogP contribution in [0.3, 0.4) is 0 Å². The maximum Gasteiger partial charge on any atom is 0.293 e. The van der Waals surface area contributed by atoms with Gasteiger partial charge in [-0.1, -0.05) is 24.2 Å². The Balaban J connectivity index is 1.84. The van der Waals surface area contributed by atoms with Crippen LogP contribution in [0.15, 0.2) is 15.1 Å². The van der Waals surface area contributed by atoms with Crippen LogP contribution < -0.4 is 0 Å². The smallest absolute Gasteiger partial charge is 0.293 e. The molecule has 3 atom stereocenters. The first-order valence-corrected chi connectivity index (χ1v) is 8.14. The van der Waals surface area contributed by atoms with Crippen LogP contribution in [0.2, 0.25) is 0 Å². The van der Waals surface area contributed by atoms with Gasteiger partial charge in [-0.05, 0) is 13.3 Å². The number of ether oxygens (including phenoxy) is 1. The fourth-order valence-electron chi connectivity index (χ4n) is 2.85. The normalized spacial score (nSPS) is 22.1. The zero-order valence-electron chi connectivity index (χ0n) is 14.4. The summed E-state index contributed by atoms with van der Waals surface area (Å²) < 4.78 is 15.9. The van der Waals surface area contributed by atoms with Gasteiger partial charge in [0.05, 0.1) is 11.8 Å². The minimum atomic E-state index is -0.319. The summed E-state index contributed by atoms with van der Waals surface area (Å²) >= 11 is 0. The zero-order chi connectivity index (χ0) is 17.3. The number of amides is 1. The number of aryl methyl sites for hydroxylation is 1. The molecule has 0 N–H and O–H groups in total. The molecule has 1 aliphatic heterocycles. The Kier molecular flexibility index (Phi) is 4.66. The van der Waals surface area contributed by atoms with E-state index in [0.29, 0.717) is 24.7 Å². The van der Waals surface area contributed by atoms with Crippen molar-refractivity contribution in [1.29, 1.82) is 0 Å². The van der Waals surface area contributed by atoms with Gasteiger partial charge in [0.1, 0.15) is 6.04 Å². The summed E-state index contributed by atoms with van der Waals surface area (Å²) in [6, 6.07) is 1.40. The lowest BCUT2D eigenvalue weighted by atomic mass is 10.1. The lowest BCUT2D eigenvalue weighted by Gasteiger charge is -2.19. The van der Waals surface area contributed by atoms with Crippen molar-refractivity contribution in [3.63, 3.8) is 0 Å². The molecule has 2 aromatic rings. The zero-order valence-corrected chi connectivity index (χ0v) is 14.4. The molecule has 1 saturated heterocycles. The maximum atomic E-state index is 12.9. The van der Waals surface area contributed by atoms with E-state index in [-0.39, 0.29) is 29.7 Å². The largest absolute Gasteiger partial charge is 0.380 e. The number of carbonyl (C=O) groups excluding carboxylic acids is 1. The van der Waals surface area contributed by atoms with E-state index in [9.17, 15) is 4.79 Å². The molecule has 0 bridgehead atoms. The third kappa shape index (κ3) is 3.06. The van der Waals surface area contributed by atoms with Gasteiger partial charge in [-0.3, -0.25) is 4.79 Å². The van der Waals surface area contributed by atoms with Gasteiger partial charge in [0.25, 0.3) is 5.91 Å². The van der Waals surface area contributed by atoms with E-state index in [1.807, 2.05) is 6.92 Å². The van der Waals surface area contributed by atoms with Crippen molar-refractivity contribution < 1.29 is 18.6 Å². The monoisotopic (exact) mass is 334 g/mol. The fourth-order valence-corrected chi connectivity index (χ4v) is 2.85. The van der Waals surface area contributed by atoms with Gasteiger partial charge in [-0.2, -0.15) is 4.98 Å². The van der Waals surface area contributed by atoms with E-state index < -0.39 is 0 Å². The van der Waals surface area contributed by atoms with Crippen molar-refractivity contribution in [3.05, 3.63) is 29.2 Å². The Labute approximate surface area is 140 Å². The molecule has 1 fully saturated rings. The molecule has 1 amide bonds. The summed E-state index contributed by atoms with van der Waals surface area (Å²) in [6.45, 7) is 6.31. The highest BCUT2D eigenvalue weighted by molar-refractivity contribution is 5.92. The van der Waals surface area contributed by atoms with Gasteiger partial charge in [-0.15, -0.1) is 0 Å². The Morgan fingerprint density at radius 1 is 1.46 bits per heavy atom. The lowest BCUT2D eigenvalue weighted by Crippen LogP contribution is -2.32.